The Morgan fingerprint density at radius 3 is 2.95 bits per heavy atom. The highest BCUT2D eigenvalue weighted by molar-refractivity contribution is 5.94. The molecular weight excluding hydrogens is 254 g/mol. The number of hydrogen-bond acceptors (Lipinski definition) is 4. The highest BCUT2D eigenvalue weighted by Gasteiger charge is 2.16. The van der Waals surface area contributed by atoms with E-state index >= 15 is 0 Å². The highest BCUT2D eigenvalue weighted by atomic mass is 16.1. The molecule has 0 aliphatic carbocycles. The van der Waals surface area contributed by atoms with E-state index in [9.17, 15) is 4.79 Å². The lowest BCUT2D eigenvalue weighted by Crippen LogP contribution is -2.28. The van der Waals surface area contributed by atoms with E-state index in [1.807, 2.05) is 35.7 Å². The summed E-state index contributed by atoms with van der Waals surface area (Å²) in [5, 5.41) is 11.1. The number of rotatable bonds is 3. The molecular formula is C14H13N5O. The van der Waals surface area contributed by atoms with Crippen molar-refractivity contribution >= 4 is 11.6 Å². The van der Waals surface area contributed by atoms with Gasteiger partial charge in [0.15, 0.2) is 11.5 Å². The molecule has 0 saturated carbocycles. The topological polar surface area (TPSA) is 72.2 Å². The fourth-order valence-electron chi connectivity index (χ4n) is 2.00. The molecule has 100 valence electrons. The second kappa shape index (κ2) is 5.08. The van der Waals surface area contributed by atoms with Crippen molar-refractivity contribution in [3.05, 3.63) is 60.3 Å². The number of carbonyl (C=O) groups excluding carboxylic acids is 1. The standard InChI is InChI=1S/C14H13N5O/c1-10(16-14(20)11-5-4-7-15-9-11)13-18-17-12-6-2-3-8-19(12)13/h2-10H,1H3,(H,16,20). The van der Waals surface area contributed by atoms with Gasteiger partial charge in [-0.25, -0.2) is 0 Å². The van der Waals surface area contributed by atoms with Gasteiger partial charge in [0, 0.05) is 18.6 Å². The summed E-state index contributed by atoms with van der Waals surface area (Å²) in [5.41, 5.74) is 1.28. The SMILES string of the molecule is CC(NC(=O)c1cccnc1)c1nnc2ccccn12. The monoisotopic (exact) mass is 267 g/mol. The van der Waals surface area contributed by atoms with Crippen LogP contribution in [0.3, 0.4) is 0 Å². The van der Waals surface area contributed by atoms with Crippen LogP contribution in [0.15, 0.2) is 48.9 Å². The molecule has 0 aliphatic heterocycles. The van der Waals surface area contributed by atoms with Gasteiger partial charge in [-0.15, -0.1) is 10.2 Å². The molecule has 3 heterocycles. The van der Waals surface area contributed by atoms with Gasteiger partial charge in [-0.1, -0.05) is 6.07 Å². The molecule has 3 rings (SSSR count). The smallest absolute Gasteiger partial charge is 0.253 e. The minimum atomic E-state index is -0.250. The Morgan fingerprint density at radius 1 is 1.25 bits per heavy atom. The summed E-state index contributed by atoms with van der Waals surface area (Å²) >= 11 is 0. The molecule has 0 radical (unpaired) electrons. The normalized spacial score (nSPS) is 12.2. The Balaban J connectivity index is 1.83. The van der Waals surface area contributed by atoms with E-state index in [4.69, 9.17) is 0 Å². The molecule has 1 atom stereocenters. The number of carbonyl (C=O) groups is 1. The van der Waals surface area contributed by atoms with Crippen molar-refractivity contribution in [2.75, 3.05) is 0 Å². The Morgan fingerprint density at radius 2 is 2.15 bits per heavy atom. The second-order valence-electron chi connectivity index (χ2n) is 4.42. The zero-order valence-electron chi connectivity index (χ0n) is 10.9. The van der Waals surface area contributed by atoms with E-state index < -0.39 is 0 Å². The van der Waals surface area contributed by atoms with Gasteiger partial charge < -0.3 is 5.32 Å². The van der Waals surface area contributed by atoms with Crippen LogP contribution in [-0.4, -0.2) is 25.5 Å². The minimum Gasteiger partial charge on any atom is -0.342 e. The van der Waals surface area contributed by atoms with Crippen LogP contribution < -0.4 is 5.32 Å². The van der Waals surface area contributed by atoms with E-state index in [-0.39, 0.29) is 11.9 Å². The highest BCUT2D eigenvalue weighted by Crippen LogP contribution is 2.12. The third-order valence-corrected chi connectivity index (χ3v) is 3.00. The fraction of sp³-hybridized carbons (Fsp3) is 0.143. The summed E-state index contributed by atoms with van der Waals surface area (Å²) in [4.78, 5) is 16.0. The average Bonchev–Trinajstić information content (AvgIpc) is 2.92. The number of nitrogens with zero attached hydrogens (tertiary/aromatic N) is 4. The van der Waals surface area contributed by atoms with Gasteiger partial charge in [-0.2, -0.15) is 0 Å². The number of pyridine rings is 2. The molecule has 3 aromatic heterocycles. The first-order valence-electron chi connectivity index (χ1n) is 6.26. The van der Waals surface area contributed by atoms with E-state index in [1.54, 1.807) is 18.3 Å². The maximum atomic E-state index is 12.1. The largest absolute Gasteiger partial charge is 0.342 e. The zero-order valence-corrected chi connectivity index (χ0v) is 10.9. The lowest BCUT2D eigenvalue weighted by Gasteiger charge is -2.12. The number of hydrogen-bond donors (Lipinski definition) is 1. The van der Waals surface area contributed by atoms with Crippen molar-refractivity contribution in [3.8, 4) is 0 Å². The first kappa shape index (κ1) is 12.3. The molecule has 0 fully saturated rings. The average molecular weight is 267 g/mol. The first-order valence-corrected chi connectivity index (χ1v) is 6.26. The molecule has 1 unspecified atom stereocenters. The molecule has 6 heteroatoms. The van der Waals surface area contributed by atoms with Crippen LogP contribution in [0.5, 0.6) is 0 Å². The van der Waals surface area contributed by atoms with E-state index in [1.165, 1.54) is 6.20 Å². The summed E-state index contributed by atoms with van der Waals surface area (Å²) in [7, 11) is 0. The van der Waals surface area contributed by atoms with E-state index in [0.29, 0.717) is 11.4 Å². The van der Waals surface area contributed by atoms with Crippen molar-refractivity contribution < 1.29 is 4.79 Å². The number of fused-ring (bicyclic) bond motifs is 1. The number of aromatic nitrogens is 4. The first-order chi connectivity index (χ1) is 9.75. The third-order valence-electron chi connectivity index (χ3n) is 3.00. The lowest BCUT2D eigenvalue weighted by molar-refractivity contribution is 0.0937. The van der Waals surface area contributed by atoms with Crippen LogP contribution >= 0.6 is 0 Å². The molecule has 3 aromatic rings. The fourth-order valence-corrected chi connectivity index (χ4v) is 2.00. The summed E-state index contributed by atoms with van der Waals surface area (Å²) < 4.78 is 1.86. The summed E-state index contributed by atoms with van der Waals surface area (Å²) in [5.74, 6) is 0.510. The summed E-state index contributed by atoms with van der Waals surface area (Å²) in [6, 6.07) is 8.86. The van der Waals surface area contributed by atoms with Gasteiger partial charge in [0.25, 0.3) is 5.91 Å². The van der Waals surface area contributed by atoms with Crippen LogP contribution in [0.25, 0.3) is 5.65 Å². The summed E-state index contributed by atoms with van der Waals surface area (Å²) in [6.45, 7) is 1.87. The molecule has 1 amide bonds. The zero-order chi connectivity index (χ0) is 13.9. The minimum absolute atomic E-state index is 0.182. The van der Waals surface area contributed by atoms with Crippen molar-refractivity contribution in [2.24, 2.45) is 0 Å². The van der Waals surface area contributed by atoms with Crippen molar-refractivity contribution in [2.45, 2.75) is 13.0 Å². The van der Waals surface area contributed by atoms with Gasteiger partial charge in [0.05, 0.1) is 11.6 Å². The van der Waals surface area contributed by atoms with Crippen molar-refractivity contribution in [1.82, 2.24) is 24.9 Å². The Labute approximate surface area is 115 Å². The molecule has 0 aromatic carbocycles. The van der Waals surface area contributed by atoms with Crippen LogP contribution in [0.1, 0.15) is 29.1 Å². The lowest BCUT2D eigenvalue weighted by atomic mass is 10.2. The molecule has 1 N–H and O–H groups in total. The molecule has 0 saturated heterocycles. The van der Waals surface area contributed by atoms with Crippen molar-refractivity contribution in [1.29, 1.82) is 0 Å². The van der Waals surface area contributed by atoms with Crippen LogP contribution in [0.2, 0.25) is 0 Å². The van der Waals surface area contributed by atoms with E-state index in [0.717, 1.165) is 5.65 Å². The van der Waals surface area contributed by atoms with Gasteiger partial charge in [0.2, 0.25) is 0 Å². The molecule has 6 nitrogen and oxygen atoms in total. The van der Waals surface area contributed by atoms with Crippen LogP contribution in [0.4, 0.5) is 0 Å². The van der Waals surface area contributed by atoms with Gasteiger partial charge in [-0.05, 0) is 31.2 Å². The molecule has 0 aliphatic rings. The predicted molar refractivity (Wildman–Crippen MR) is 73.1 cm³/mol. The maximum absolute atomic E-state index is 12.1. The Hall–Kier alpha value is -2.76. The third kappa shape index (κ3) is 2.23. The van der Waals surface area contributed by atoms with Crippen molar-refractivity contribution in [3.63, 3.8) is 0 Å². The Kier molecular flexibility index (Phi) is 3.12. The molecule has 20 heavy (non-hydrogen) atoms. The quantitative estimate of drug-likeness (QED) is 0.782. The molecule has 0 bridgehead atoms. The van der Waals surface area contributed by atoms with E-state index in [2.05, 4.69) is 20.5 Å². The van der Waals surface area contributed by atoms with Gasteiger partial charge in [0.1, 0.15) is 0 Å². The second-order valence-corrected chi connectivity index (χ2v) is 4.42. The Bertz CT molecular complexity index is 737. The number of amides is 1. The molecule has 0 spiro atoms. The number of nitrogens with one attached hydrogen (secondary N) is 1. The summed E-state index contributed by atoms with van der Waals surface area (Å²) in [6.07, 6.45) is 5.04. The van der Waals surface area contributed by atoms with Crippen LogP contribution in [0, 0.1) is 0 Å². The van der Waals surface area contributed by atoms with Gasteiger partial charge in [-0.3, -0.25) is 14.2 Å². The van der Waals surface area contributed by atoms with Gasteiger partial charge >= 0.3 is 0 Å². The van der Waals surface area contributed by atoms with Crippen LogP contribution in [-0.2, 0) is 0 Å². The predicted octanol–water partition coefficient (Wildman–Crippen LogP) is 1.62. The maximum Gasteiger partial charge on any atom is 0.253 e.